The smallest absolute Gasteiger partial charge is 0.0572 e. The minimum Gasteiger partial charge on any atom is -0.354 e. The lowest BCUT2D eigenvalue weighted by Gasteiger charge is -2.03. The van der Waals surface area contributed by atoms with Crippen LogP contribution < -0.4 is 5.48 Å². The summed E-state index contributed by atoms with van der Waals surface area (Å²) in [5.74, 6) is 0. The van der Waals surface area contributed by atoms with Gasteiger partial charge in [-0.2, -0.15) is 5.48 Å². The van der Waals surface area contributed by atoms with Gasteiger partial charge in [-0.3, -0.25) is 0 Å². The molecule has 0 amide bonds. The van der Waals surface area contributed by atoms with Crippen LogP contribution in [0.25, 0.3) is 0 Å². The Hall–Kier alpha value is -0.800. The first kappa shape index (κ1) is 9.29. The van der Waals surface area contributed by atoms with Crippen molar-refractivity contribution >= 4 is 0 Å². The van der Waals surface area contributed by atoms with E-state index in [1.54, 1.807) is 7.11 Å². The van der Waals surface area contributed by atoms with E-state index in [1.165, 1.54) is 16.8 Å². The van der Waals surface area contributed by atoms with E-state index < -0.39 is 0 Å². The van der Waals surface area contributed by atoms with E-state index in [1.807, 2.05) is 0 Å². The van der Waals surface area contributed by atoms with Crippen molar-refractivity contribution in [1.29, 1.82) is 0 Å². The van der Waals surface area contributed by atoms with Crippen LogP contribution >= 0.6 is 0 Å². The highest BCUT2D eigenvalue weighted by molar-refractivity contribution is 5.29. The van der Waals surface area contributed by atoms with Gasteiger partial charge in [-0.25, -0.2) is 0 Å². The van der Waals surface area contributed by atoms with E-state index in [-0.39, 0.29) is 0 Å². The Balaban J connectivity index is 2.82. The summed E-state index contributed by atoms with van der Waals surface area (Å²) < 4.78 is 2.13. The van der Waals surface area contributed by atoms with Gasteiger partial charge in [0.1, 0.15) is 0 Å². The summed E-state index contributed by atoms with van der Waals surface area (Å²) in [5, 5.41) is 0. The first-order valence-corrected chi connectivity index (χ1v) is 4.04. The second-order valence-electron chi connectivity index (χ2n) is 3.01. The van der Waals surface area contributed by atoms with E-state index >= 15 is 0 Å². The lowest BCUT2D eigenvalue weighted by molar-refractivity contribution is 0.0864. The summed E-state index contributed by atoms with van der Waals surface area (Å²) in [4.78, 5) is 4.81. The zero-order chi connectivity index (χ0) is 9.14. The van der Waals surface area contributed by atoms with Crippen LogP contribution in [0.4, 0.5) is 0 Å². The third-order valence-electron chi connectivity index (χ3n) is 2.22. The molecule has 68 valence electrons. The van der Waals surface area contributed by atoms with E-state index in [2.05, 4.69) is 37.1 Å². The molecule has 1 aromatic rings. The first-order chi connectivity index (χ1) is 5.66. The quantitative estimate of drug-likeness (QED) is 0.688. The Bertz CT molecular complexity index is 266. The molecule has 12 heavy (non-hydrogen) atoms. The topological polar surface area (TPSA) is 26.2 Å². The minimum absolute atomic E-state index is 0.773. The molecular formula is C9H16N2O. The zero-order valence-electron chi connectivity index (χ0n) is 8.14. The molecule has 0 aliphatic rings. The number of hydroxylamine groups is 1. The third kappa shape index (κ3) is 1.68. The van der Waals surface area contributed by atoms with Gasteiger partial charge in [-0.05, 0) is 25.0 Å². The average Bonchev–Trinajstić information content (AvgIpc) is 2.25. The Morgan fingerprint density at radius 1 is 1.50 bits per heavy atom. The van der Waals surface area contributed by atoms with Crippen molar-refractivity contribution in [1.82, 2.24) is 10.0 Å². The molecule has 0 aliphatic carbocycles. The van der Waals surface area contributed by atoms with Crippen LogP contribution in [-0.2, 0) is 18.4 Å². The van der Waals surface area contributed by atoms with Crippen LogP contribution in [0.3, 0.4) is 0 Å². The average molecular weight is 168 g/mol. The Kier molecular flexibility index (Phi) is 2.89. The maximum absolute atomic E-state index is 4.81. The second kappa shape index (κ2) is 3.74. The predicted octanol–water partition coefficient (Wildman–Crippen LogP) is 1.29. The molecule has 0 radical (unpaired) electrons. The molecule has 0 atom stereocenters. The monoisotopic (exact) mass is 168 g/mol. The van der Waals surface area contributed by atoms with Crippen molar-refractivity contribution < 1.29 is 4.84 Å². The van der Waals surface area contributed by atoms with Gasteiger partial charge in [0.25, 0.3) is 0 Å². The molecule has 0 aliphatic heterocycles. The van der Waals surface area contributed by atoms with Crippen LogP contribution in [0, 0.1) is 13.8 Å². The Morgan fingerprint density at radius 2 is 2.17 bits per heavy atom. The molecule has 1 aromatic heterocycles. The molecule has 0 saturated heterocycles. The highest BCUT2D eigenvalue weighted by Gasteiger charge is 2.05. The number of hydrogen-bond donors (Lipinski definition) is 1. The molecule has 3 nitrogen and oxygen atoms in total. The molecular weight excluding hydrogens is 152 g/mol. The highest BCUT2D eigenvalue weighted by atomic mass is 16.6. The maximum Gasteiger partial charge on any atom is 0.0572 e. The Morgan fingerprint density at radius 3 is 2.58 bits per heavy atom. The fourth-order valence-electron chi connectivity index (χ4n) is 1.38. The number of nitrogens with one attached hydrogen (secondary N) is 1. The largest absolute Gasteiger partial charge is 0.354 e. The van der Waals surface area contributed by atoms with Crippen molar-refractivity contribution in [3.8, 4) is 0 Å². The summed E-state index contributed by atoms with van der Waals surface area (Å²) in [6.45, 7) is 4.99. The van der Waals surface area contributed by atoms with Crippen molar-refractivity contribution in [2.24, 2.45) is 7.05 Å². The second-order valence-corrected chi connectivity index (χ2v) is 3.01. The Labute approximate surface area is 73.3 Å². The number of nitrogens with zero attached hydrogens (tertiary/aromatic N) is 1. The number of hydrogen-bond acceptors (Lipinski definition) is 2. The molecule has 0 unspecified atom stereocenters. The number of rotatable bonds is 3. The van der Waals surface area contributed by atoms with Gasteiger partial charge in [-0.15, -0.1) is 0 Å². The molecule has 0 aromatic carbocycles. The van der Waals surface area contributed by atoms with Crippen molar-refractivity contribution in [2.75, 3.05) is 7.11 Å². The van der Waals surface area contributed by atoms with Crippen LogP contribution in [0.5, 0.6) is 0 Å². The number of aryl methyl sites for hydroxylation is 2. The molecule has 0 fully saturated rings. The fraction of sp³-hybridized carbons (Fsp3) is 0.556. The summed E-state index contributed by atoms with van der Waals surface area (Å²) in [5.41, 5.74) is 6.76. The standard InChI is InChI=1S/C9H16N2O/c1-7-6-11(3)8(2)9(7)5-10-12-4/h6,10H,5H2,1-4H3. The summed E-state index contributed by atoms with van der Waals surface area (Å²) >= 11 is 0. The summed E-state index contributed by atoms with van der Waals surface area (Å²) in [6.07, 6.45) is 2.13. The highest BCUT2D eigenvalue weighted by Crippen LogP contribution is 2.14. The third-order valence-corrected chi connectivity index (χ3v) is 2.22. The van der Waals surface area contributed by atoms with Crippen molar-refractivity contribution in [2.45, 2.75) is 20.4 Å². The minimum atomic E-state index is 0.773. The molecule has 3 heteroatoms. The van der Waals surface area contributed by atoms with Gasteiger partial charge in [0, 0.05) is 25.5 Å². The number of aromatic nitrogens is 1. The predicted molar refractivity (Wildman–Crippen MR) is 48.7 cm³/mol. The van der Waals surface area contributed by atoms with E-state index in [4.69, 9.17) is 4.84 Å². The van der Waals surface area contributed by atoms with Gasteiger partial charge in [0.05, 0.1) is 7.11 Å². The maximum atomic E-state index is 4.81. The van der Waals surface area contributed by atoms with Crippen molar-refractivity contribution in [3.05, 3.63) is 23.0 Å². The SMILES string of the molecule is CONCc1c(C)cn(C)c1C. The van der Waals surface area contributed by atoms with Gasteiger partial charge in [0.2, 0.25) is 0 Å². The summed E-state index contributed by atoms with van der Waals surface area (Å²) in [6, 6.07) is 0. The van der Waals surface area contributed by atoms with Crippen LogP contribution in [0.15, 0.2) is 6.20 Å². The molecule has 1 rings (SSSR count). The first-order valence-electron chi connectivity index (χ1n) is 4.04. The molecule has 0 bridgehead atoms. The van der Waals surface area contributed by atoms with E-state index in [0.717, 1.165) is 6.54 Å². The summed E-state index contributed by atoms with van der Waals surface area (Å²) in [7, 11) is 3.69. The van der Waals surface area contributed by atoms with Crippen LogP contribution in [0.2, 0.25) is 0 Å². The van der Waals surface area contributed by atoms with E-state index in [0.29, 0.717) is 0 Å². The van der Waals surface area contributed by atoms with E-state index in [9.17, 15) is 0 Å². The van der Waals surface area contributed by atoms with Crippen molar-refractivity contribution in [3.63, 3.8) is 0 Å². The van der Waals surface area contributed by atoms with Crippen LogP contribution in [0.1, 0.15) is 16.8 Å². The molecule has 0 spiro atoms. The fourth-order valence-corrected chi connectivity index (χ4v) is 1.38. The lowest BCUT2D eigenvalue weighted by Crippen LogP contribution is -2.12. The molecule has 0 saturated carbocycles. The van der Waals surface area contributed by atoms with Crippen LogP contribution in [-0.4, -0.2) is 11.7 Å². The molecule has 1 heterocycles. The lowest BCUT2D eigenvalue weighted by atomic mass is 10.2. The van der Waals surface area contributed by atoms with Gasteiger partial charge >= 0.3 is 0 Å². The molecule has 1 N–H and O–H groups in total. The zero-order valence-corrected chi connectivity index (χ0v) is 8.14. The van der Waals surface area contributed by atoms with Gasteiger partial charge < -0.3 is 9.40 Å². The van der Waals surface area contributed by atoms with Gasteiger partial charge in [-0.1, -0.05) is 0 Å². The normalized spacial score (nSPS) is 10.7. The van der Waals surface area contributed by atoms with Gasteiger partial charge in [0.15, 0.2) is 0 Å².